The predicted molar refractivity (Wildman–Crippen MR) is 97.0 cm³/mol. The average Bonchev–Trinajstić information content (AvgIpc) is 2.57. The van der Waals surface area contributed by atoms with Gasteiger partial charge in [0.05, 0.1) is 18.8 Å². The Morgan fingerprint density at radius 1 is 1.36 bits per heavy atom. The van der Waals surface area contributed by atoms with Crippen molar-refractivity contribution in [3.8, 4) is 0 Å². The molecule has 0 unspecified atom stereocenters. The molecule has 2 rings (SSSR count). The number of aliphatic hydroxyl groups is 1. The zero-order chi connectivity index (χ0) is 18.6. The first kappa shape index (κ1) is 19.5. The Hall–Kier alpha value is -1.82. The third-order valence-electron chi connectivity index (χ3n) is 4.94. The molecule has 0 saturated heterocycles. The van der Waals surface area contributed by atoms with E-state index in [9.17, 15) is 14.3 Å². The highest BCUT2D eigenvalue weighted by molar-refractivity contribution is 6.37. The van der Waals surface area contributed by atoms with Gasteiger partial charge in [0, 0.05) is 11.7 Å². The first-order valence-electron chi connectivity index (χ1n) is 8.62. The Kier molecular flexibility index (Phi) is 6.65. The molecule has 1 aliphatic carbocycles. The molecule has 0 heterocycles. The van der Waals surface area contributed by atoms with Gasteiger partial charge in [-0.25, -0.2) is 9.18 Å². The second-order valence-corrected chi connectivity index (χ2v) is 6.72. The lowest BCUT2D eigenvalue weighted by Gasteiger charge is -2.31. The number of esters is 1. The Morgan fingerprint density at radius 2 is 2.00 bits per heavy atom. The van der Waals surface area contributed by atoms with E-state index in [1.165, 1.54) is 25.3 Å². The molecule has 2 radical (unpaired) electrons. The molecule has 1 saturated carbocycles. The Balaban J connectivity index is 2.26. The van der Waals surface area contributed by atoms with Crippen LogP contribution in [0.5, 0.6) is 0 Å². The number of hydrogen-bond donors (Lipinski definition) is 2. The van der Waals surface area contributed by atoms with Crippen LogP contribution >= 0.6 is 0 Å². The maximum atomic E-state index is 13.3. The summed E-state index contributed by atoms with van der Waals surface area (Å²) in [5.74, 6) is -0.553. The van der Waals surface area contributed by atoms with Crippen LogP contribution in [0.3, 0.4) is 0 Å². The summed E-state index contributed by atoms with van der Waals surface area (Å²) in [5.41, 5.74) is 1.59. The van der Waals surface area contributed by atoms with Crippen molar-refractivity contribution in [3.63, 3.8) is 0 Å². The van der Waals surface area contributed by atoms with Crippen molar-refractivity contribution in [1.82, 2.24) is 5.32 Å². The molecule has 0 amide bonds. The van der Waals surface area contributed by atoms with Crippen molar-refractivity contribution in [2.75, 3.05) is 7.11 Å². The van der Waals surface area contributed by atoms with Gasteiger partial charge in [-0.2, -0.15) is 0 Å². The summed E-state index contributed by atoms with van der Waals surface area (Å²) < 4.78 is 18.2. The van der Waals surface area contributed by atoms with E-state index in [4.69, 9.17) is 12.6 Å². The number of carbonyl (C=O) groups is 1. The summed E-state index contributed by atoms with van der Waals surface area (Å²) in [6.07, 6.45) is 3.27. The fourth-order valence-corrected chi connectivity index (χ4v) is 3.46. The van der Waals surface area contributed by atoms with Crippen molar-refractivity contribution >= 4 is 24.9 Å². The number of benzene rings is 1. The maximum Gasteiger partial charge on any atom is 0.340 e. The van der Waals surface area contributed by atoms with Gasteiger partial charge in [0.15, 0.2) is 0 Å². The SMILES string of the molecule is [B]c1cc(F)ccc1/C(C(=O)OC)=C(\C)N[C@H](C)C1CCC(O)CC1. The second-order valence-electron chi connectivity index (χ2n) is 6.72. The van der Waals surface area contributed by atoms with Crippen LogP contribution in [0.15, 0.2) is 23.9 Å². The lowest BCUT2D eigenvalue weighted by atomic mass is 9.82. The summed E-state index contributed by atoms with van der Waals surface area (Å²) in [4.78, 5) is 12.3. The van der Waals surface area contributed by atoms with Gasteiger partial charge < -0.3 is 15.2 Å². The number of hydrogen-bond acceptors (Lipinski definition) is 4. The first-order chi connectivity index (χ1) is 11.8. The van der Waals surface area contributed by atoms with Crippen molar-refractivity contribution in [3.05, 3.63) is 35.3 Å². The van der Waals surface area contributed by atoms with E-state index >= 15 is 0 Å². The van der Waals surface area contributed by atoms with Gasteiger partial charge in [-0.05, 0) is 63.1 Å². The molecule has 6 heteroatoms. The fraction of sp³-hybridized carbons (Fsp3) is 0.526. The van der Waals surface area contributed by atoms with Crippen LogP contribution in [0.4, 0.5) is 4.39 Å². The van der Waals surface area contributed by atoms with Gasteiger partial charge in [-0.3, -0.25) is 0 Å². The number of halogens is 1. The average molecular weight is 345 g/mol. The summed E-state index contributed by atoms with van der Waals surface area (Å²) in [6.45, 7) is 3.86. The van der Waals surface area contributed by atoms with E-state index in [2.05, 4.69) is 12.2 Å². The Morgan fingerprint density at radius 3 is 2.56 bits per heavy atom. The Labute approximate surface area is 149 Å². The molecule has 4 nitrogen and oxygen atoms in total. The zero-order valence-corrected chi connectivity index (χ0v) is 15.0. The number of nitrogens with one attached hydrogen (secondary N) is 1. The number of rotatable bonds is 5. The van der Waals surface area contributed by atoms with Gasteiger partial charge >= 0.3 is 5.97 Å². The van der Waals surface area contributed by atoms with Crippen molar-refractivity contribution in [2.45, 2.75) is 51.7 Å². The van der Waals surface area contributed by atoms with Crippen LogP contribution in [0, 0.1) is 11.7 Å². The summed E-state index contributed by atoms with van der Waals surface area (Å²) >= 11 is 0. The molecule has 2 N–H and O–H groups in total. The topological polar surface area (TPSA) is 58.6 Å². The monoisotopic (exact) mass is 345 g/mol. The largest absolute Gasteiger partial charge is 0.465 e. The molecule has 1 aliphatic rings. The van der Waals surface area contributed by atoms with Gasteiger partial charge in [0.25, 0.3) is 0 Å². The van der Waals surface area contributed by atoms with Crippen LogP contribution in [-0.4, -0.2) is 38.2 Å². The summed E-state index contributed by atoms with van der Waals surface area (Å²) in [7, 11) is 7.21. The molecule has 25 heavy (non-hydrogen) atoms. The van der Waals surface area contributed by atoms with E-state index in [-0.39, 0.29) is 17.6 Å². The van der Waals surface area contributed by atoms with Crippen LogP contribution in [0.2, 0.25) is 0 Å². The zero-order valence-electron chi connectivity index (χ0n) is 15.0. The molecular formula is C19H25BFNO3. The van der Waals surface area contributed by atoms with E-state index in [1.54, 1.807) is 6.92 Å². The summed E-state index contributed by atoms with van der Waals surface area (Å²) in [6, 6.07) is 4.09. The van der Waals surface area contributed by atoms with Gasteiger partial charge in [-0.1, -0.05) is 11.5 Å². The first-order valence-corrected chi connectivity index (χ1v) is 8.62. The smallest absolute Gasteiger partial charge is 0.340 e. The minimum Gasteiger partial charge on any atom is -0.465 e. The molecule has 1 fully saturated rings. The van der Waals surface area contributed by atoms with Crippen molar-refractivity contribution in [2.24, 2.45) is 5.92 Å². The number of allylic oxidation sites excluding steroid dienone is 1. The fourth-order valence-electron chi connectivity index (χ4n) is 3.46. The van der Waals surface area contributed by atoms with Gasteiger partial charge in [-0.15, -0.1) is 0 Å². The highest BCUT2D eigenvalue weighted by Crippen LogP contribution is 2.28. The van der Waals surface area contributed by atoms with Gasteiger partial charge in [0.1, 0.15) is 13.7 Å². The van der Waals surface area contributed by atoms with Crippen molar-refractivity contribution < 1.29 is 19.0 Å². The minimum atomic E-state index is -0.519. The number of ether oxygens (including phenoxy) is 1. The lowest BCUT2D eigenvalue weighted by molar-refractivity contribution is -0.133. The number of methoxy groups -OCH3 is 1. The molecule has 1 aromatic carbocycles. The van der Waals surface area contributed by atoms with Crippen molar-refractivity contribution in [1.29, 1.82) is 0 Å². The molecule has 0 bridgehead atoms. The van der Waals surface area contributed by atoms with Crippen LogP contribution in [0.1, 0.15) is 45.1 Å². The van der Waals surface area contributed by atoms with E-state index in [0.717, 1.165) is 25.7 Å². The van der Waals surface area contributed by atoms with Crippen LogP contribution in [-0.2, 0) is 9.53 Å². The Bertz CT molecular complexity index is 654. The van der Waals surface area contributed by atoms with E-state index in [1.807, 2.05) is 0 Å². The summed E-state index contributed by atoms with van der Waals surface area (Å²) in [5, 5.41) is 13.0. The quantitative estimate of drug-likeness (QED) is 0.487. The van der Waals surface area contributed by atoms with E-state index < -0.39 is 11.8 Å². The number of carbonyl (C=O) groups excluding carboxylic acids is 1. The third kappa shape index (κ3) is 4.85. The highest BCUT2D eigenvalue weighted by atomic mass is 19.1. The van der Waals surface area contributed by atoms with Gasteiger partial charge in [0.2, 0.25) is 0 Å². The normalized spacial score (nSPS) is 22.8. The number of aliphatic hydroxyl groups excluding tert-OH is 1. The molecule has 1 atom stereocenters. The molecule has 0 aromatic heterocycles. The standard InChI is InChI=1S/C19H25BFNO3/c1-11(13-4-7-15(23)8-5-13)22-12(2)18(19(24)25-3)16-9-6-14(21)10-17(16)20/h6,9-11,13,15,22-23H,4-5,7-8H2,1-3H3/b18-12-/t11-,13?,15?/m1/s1. The van der Waals surface area contributed by atoms with Crippen LogP contribution < -0.4 is 10.8 Å². The molecular weight excluding hydrogens is 320 g/mol. The molecule has 134 valence electrons. The maximum absolute atomic E-state index is 13.3. The van der Waals surface area contributed by atoms with Crippen LogP contribution in [0.25, 0.3) is 5.57 Å². The predicted octanol–water partition coefficient (Wildman–Crippen LogP) is 2.05. The lowest BCUT2D eigenvalue weighted by Crippen LogP contribution is -2.36. The molecule has 1 aromatic rings. The molecule has 0 aliphatic heterocycles. The third-order valence-corrected chi connectivity index (χ3v) is 4.94. The minimum absolute atomic E-state index is 0.133. The molecule has 0 spiro atoms. The highest BCUT2D eigenvalue weighted by Gasteiger charge is 2.25. The van der Waals surface area contributed by atoms with E-state index in [0.29, 0.717) is 22.8 Å². The second kappa shape index (κ2) is 8.52.